The van der Waals surface area contributed by atoms with Crippen molar-refractivity contribution in [2.75, 3.05) is 45.5 Å². The number of rotatable bonds is 21. The number of benzene rings is 3. The molecule has 324 valence electrons. The van der Waals surface area contributed by atoms with E-state index >= 15 is 0 Å². The third-order valence-electron chi connectivity index (χ3n) is 8.81. The van der Waals surface area contributed by atoms with Gasteiger partial charge in [0.1, 0.15) is 23.9 Å². The molecule has 1 aliphatic heterocycles. The van der Waals surface area contributed by atoms with Gasteiger partial charge in [0, 0.05) is 43.8 Å². The van der Waals surface area contributed by atoms with Gasteiger partial charge in [-0.2, -0.15) is 0 Å². The second-order valence-corrected chi connectivity index (χ2v) is 13.1. The van der Waals surface area contributed by atoms with Gasteiger partial charge >= 0.3 is 11.9 Å². The van der Waals surface area contributed by atoms with E-state index in [9.17, 15) is 50.4 Å². The Morgan fingerprint density at radius 1 is 0.932 bits per heavy atom. The quantitative estimate of drug-likeness (QED) is 0.0213. The summed E-state index contributed by atoms with van der Waals surface area (Å²) in [6.07, 6.45) is -11.2. The molecule has 3 aromatic rings. The number of phenols is 2. The number of carbonyl (C=O) groups excluding carboxylic acids is 1. The molecule has 21 nitrogen and oxygen atoms in total. The van der Waals surface area contributed by atoms with E-state index in [0.717, 1.165) is 23.8 Å². The highest BCUT2D eigenvalue weighted by molar-refractivity contribution is 5.96. The number of carboxylic acids is 1. The molecular formula is C38H50N4O17. The number of aromatic hydroxyl groups is 2. The minimum atomic E-state index is -2.41. The first-order valence-corrected chi connectivity index (χ1v) is 18.3. The number of phenolic OH excluding ortho intramolecular Hbond substituents is 2. The lowest BCUT2D eigenvalue weighted by atomic mass is 9.98. The number of nitrogens with one attached hydrogen (secondary N) is 2. The largest absolute Gasteiger partial charge is 0.504 e. The van der Waals surface area contributed by atoms with Crippen LogP contribution in [-0.4, -0.2) is 147 Å². The first-order chi connectivity index (χ1) is 28.2. The summed E-state index contributed by atoms with van der Waals surface area (Å²) >= 11 is 0. The molecule has 0 aliphatic carbocycles. The Balaban J connectivity index is 1.57. The number of hydrogen-bond acceptors (Lipinski definition) is 18. The van der Waals surface area contributed by atoms with Crippen LogP contribution in [0.5, 0.6) is 34.5 Å². The Labute approximate surface area is 337 Å². The number of nitrogens with two attached hydrogens (primary N) is 1. The number of hydrogen-bond donors (Lipinski definition) is 12. The van der Waals surface area contributed by atoms with Crippen LogP contribution in [0.25, 0.3) is 0 Å². The summed E-state index contributed by atoms with van der Waals surface area (Å²) < 4.78 is 32.9. The molecule has 0 amide bonds. The van der Waals surface area contributed by atoms with Gasteiger partial charge < -0.3 is 90.7 Å². The fourth-order valence-corrected chi connectivity index (χ4v) is 5.60. The molecule has 4 rings (SSSR count). The van der Waals surface area contributed by atoms with Crippen LogP contribution in [0, 0.1) is 0 Å². The normalized spacial score (nSPS) is 20.2. The van der Waals surface area contributed by atoms with Crippen LogP contribution in [-0.2, 0) is 15.9 Å². The van der Waals surface area contributed by atoms with Crippen LogP contribution in [0.2, 0.25) is 0 Å². The van der Waals surface area contributed by atoms with Gasteiger partial charge in [0.05, 0.1) is 31.6 Å². The van der Waals surface area contributed by atoms with E-state index in [0.29, 0.717) is 25.8 Å². The molecule has 59 heavy (non-hydrogen) atoms. The Kier molecular flexibility index (Phi) is 17.0. The van der Waals surface area contributed by atoms with E-state index in [-0.39, 0.29) is 47.7 Å². The SMILES string of the molecule is COc1cc(C(=O)O[C@H](O)[C@H]2O[C@H](Oc3cc(N[C@H](C)CO)c(C(=O)O)cc3OCN=C(N)NCCCCO)[C@H](O)[C@@H](O)[C@@H]2O)c(O)c(OCCc2ccccc2)c1O. The van der Waals surface area contributed by atoms with Gasteiger partial charge in [-0.25, -0.2) is 14.6 Å². The number of aliphatic hydroxyl groups is 6. The van der Waals surface area contributed by atoms with Gasteiger partial charge in [-0.1, -0.05) is 30.3 Å². The lowest BCUT2D eigenvalue weighted by Gasteiger charge is -2.41. The first-order valence-electron chi connectivity index (χ1n) is 18.3. The molecule has 1 aliphatic rings. The predicted octanol–water partition coefficient (Wildman–Crippen LogP) is -0.406. The lowest BCUT2D eigenvalue weighted by Crippen LogP contribution is -2.62. The number of aromatic carboxylic acids is 1. The highest BCUT2D eigenvalue weighted by Crippen LogP contribution is 2.46. The zero-order valence-corrected chi connectivity index (χ0v) is 32.1. The van der Waals surface area contributed by atoms with Crippen molar-refractivity contribution in [2.45, 2.75) is 69.2 Å². The van der Waals surface area contributed by atoms with E-state index in [1.807, 2.05) is 30.3 Å². The molecule has 3 aromatic carbocycles. The molecule has 7 atom stereocenters. The van der Waals surface area contributed by atoms with Crippen molar-refractivity contribution in [1.29, 1.82) is 0 Å². The molecule has 1 saturated heterocycles. The topological polar surface area (TPSA) is 334 Å². The second kappa shape index (κ2) is 21.8. The zero-order chi connectivity index (χ0) is 43.2. The Morgan fingerprint density at radius 3 is 2.31 bits per heavy atom. The summed E-state index contributed by atoms with van der Waals surface area (Å²) in [6.45, 7) is 0.985. The van der Waals surface area contributed by atoms with Crippen molar-refractivity contribution in [1.82, 2.24) is 5.32 Å². The van der Waals surface area contributed by atoms with Crippen LogP contribution in [0.3, 0.4) is 0 Å². The van der Waals surface area contributed by atoms with Crippen LogP contribution in [0.15, 0.2) is 53.5 Å². The minimum absolute atomic E-state index is 0.00841. The van der Waals surface area contributed by atoms with Gasteiger partial charge in [-0.15, -0.1) is 0 Å². The van der Waals surface area contributed by atoms with E-state index in [1.165, 1.54) is 7.11 Å². The van der Waals surface area contributed by atoms with E-state index in [4.69, 9.17) is 39.3 Å². The summed E-state index contributed by atoms with van der Waals surface area (Å²) in [4.78, 5) is 29.6. The van der Waals surface area contributed by atoms with E-state index in [2.05, 4.69) is 15.6 Å². The van der Waals surface area contributed by atoms with Gasteiger partial charge in [-0.05, 0) is 25.3 Å². The summed E-state index contributed by atoms with van der Waals surface area (Å²) in [5.74, 6) is -5.85. The average molecular weight is 835 g/mol. The van der Waals surface area contributed by atoms with Crippen molar-refractivity contribution in [3.05, 3.63) is 65.2 Å². The maximum atomic E-state index is 13.3. The van der Waals surface area contributed by atoms with Gasteiger partial charge in [-0.3, -0.25) is 0 Å². The summed E-state index contributed by atoms with van der Waals surface area (Å²) in [6, 6.07) is 11.5. The summed E-state index contributed by atoms with van der Waals surface area (Å²) in [5.41, 5.74) is 5.66. The van der Waals surface area contributed by atoms with Gasteiger partial charge in [0.2, 0.25) is 24.1 Å². The number of methoxy groups -OCH3 is 1. The third kappa shape index (κ3) is 12.1. The maximum Gasteiger partial charge on any atom is 0.344 e. The number of aliphatic hydroxyl groups excluding tert-OH is 6. The standard InChI is InChI=1S/C38H50N4O17/c1-19(17-44)42-23-16-25(24(14-21(23)34(50)51)56-18-41-38(39)40-11-6-7-12-43)57-37-31(49)29(47)30(48)33(58-37)36(53)59-35(52)22-15-26(54-2)28(46)32(27(22)45)55-13-10-20-8-4-3-5-9-20/h3-5,8-9,14-16,19,29-31,33,36-37,42-49,53H,6-7,10-13,17-18H2,1-2H3,(H,50,51)(H3,39,40,41)/t19-,29+,30+,31-,33+,36+,37+/m1/s1. The van der Waals surface area contributed by atoms with Crippen molar-refractivity contribution < 1.29 is 84.0 Å². The highest BCUT2D eigenvalue weighted by Gasteiger charge is 2.49. The van der Waals surface area contributed by atoms with Gasteiger partial charge in [0.25, 0.3) is 0 Å². The number of unbranched alkanes of at least 4 members (excludes halogenated alkanes) is 1. The van der Waals surface area contributed by atoms with Gasteiger partial charge in [0.15, 0.2) is 41.8 Å². The number of esters is 1. The minimum Gasteiger partial charge on any atom is -0.504 e. The predicted molar refractivity (Wildman–Crippen MR) is 206 cm³/mol. The molecule has 0 aromatic heterocycles. The third-order valence-corrected chi connectivity index (χ3v) is 8.81. The monoisotopic (exact) mass is 834 g/mol. The molecule has 0 bridgehead atoms. The van der Waals surface area contributed by atoms with Crippen molar-refractivity contribution >= 4 is 23.6 Å². The second-order valence-electron chi connectivity index (χ2n) is 13.1. The Bertz CT molecular complexity index is 1880. The fraction of sp³-hybridized carbons (Fsp3) is 0.447. The van der Waals surface area contributed by atoms with Crippen LogP contribution >= 0.6 is 0 Å². The molecule has 0 saturated carbocycles. The molecule has 0 spiro atoms. The fourth-order valence-electron chi connectivity index (χ4n) is 5.60. The van der Waals surface area contributed by atoms with Crippen molar-refractivity contribution in [2.24, 2.45) is 10.7 Å². The van der Waals surface area contributed by atoms with E-state index in [1.54, 1.807) is 6.92 Å². The number of aliphatic imine (C=N–C) groups is 1. The van der Waals surface area contributed by atoms with E-state index < -0.39 is 91.1 Å². The Hall–Kier alpha value is -5.81. The number of anilines is 1. The maximum absolute atomic E-state index is 13.3. The van der Waals surface area contributed by atoms with Crippen LogP contribution in [0.1, 0.15) is 46.0 Å². The zero-order valence-electron chi connectivity index (χ0n) is 32.1. The molecular weight excluding hydrogens is 784 g/mol. The molecule has 1 heterocycles. The number of carboxylic acid groups (broad SMARTS) is 1. The lowest BCUT2D eigenvalue weighted by molar-refractivity contribution is -0.309. The number of carbonyl (C=O) groups is 2. The number of ether oxygens (including phenoxy) is 6. The van der Waals surface area contributed by atoms with Crippen molar-refractivity contribution in [3.63, 3.8) is 0 Å². The average Bonchev–Trinajstić information content (AvgIpc) is 3.21. The number of guanidine groups is 1. The van der Waals surface area contributed by atoms with Crippen molar-refractivity contribution in [3.8, 4) is 34.5 Å². The summed E-state index contributed by atoms with van der Waals surface area (Å²) in [5, 5.41) is 99.2. The molecule has 13 N–H and O–H groups in total. The first kappa shape index (κ1) is 45.9. The van der Waals surface area contributed by atoms with Crippen LogP contribution < -0.4 is 35.3 Å². The molecule has 1 fully saturated rings. The summed E-state index contributed by atoms with van der Waals surface area (Å²) in [7, 11) is 1.17. The van der Waals surface area contributed by atoms with Crippen LogP contribution in [0.4, 0.5) is 5.69 Å². The smallest absolute Gasteiger partial charge is 0.344 e. The molecule has 21 heteroatoms. The molecule has 0 radical (unpaired) electrons. The molecule has 0 unspecified atom stereocenters. The number of nitrogens with zero attached hydrogens (tertiary/aromatic N) is 1. The Morgan fingerprint density at radius 2 is 1.64 bits per heavy atom. The highest BCUT2D eigenvalue weighted by atomic mass is 16.7.